The average Bonchev–Trinajstić information content (AvgIpc) is 3.30. The summed E-state index contributed by atoms with van der Waals surface area (Å²) in [7, 11) is 0. The lowest BCUT2D eigenvalue weighted by atomic mass is 10.0. The Bertz CT molecular complexity index is 1480. The van der Waals surface area contributed by atoms with Crippen molar-refractivity contribution in [1.82, 2.24) is 15.1 Å². The molecule has 2 saturated heterocycles. The van der Waals surface area contributed by atoms with Crippen LogP contribution in [0.3, 0.4) is 0 Å². The minimum atomic E-state index is -0.564. The zero-order chi connectivity index (χ0) is 28.5. The van der Waals surface area contributed by atoms with Gasteiger partial charge in [0.25, 0.3) is 5.91 Å². The number of piperazine rings is 1. The molecule has 0 aromatic heterocycles. The van der Waals surface area contributed by atoms with Gasteiger partial charge in [-0.05, 0) is 48.2 Å². The summed E-state index contributed by atoms with van der Waals surface area (Å²) < 4.78 is 33.6. The number of nitrogens with one attached hydrogen (secondary N) is 1. The van der Waals surface area contributed by atoms with E-state index in [9.17, 15) is 18.4 Å². The van der Waals surface area contributed by atoms with Crippen LogP contribution in [0.4, 0.5) is 14.5 Å². The van der Waals surface area contributed by atoms with Crippen LogP contribution in [0.5, 0.6) is 5.75 Å². The smallest absolute Gasteiger partial charge is 0.255 e. The average molecular weight is 559 g/mol. The second-order valence-electron chi connectivity index (χ2n) is 10.8. The molecule has 3 aromatic carbocycles. The van der Waals surface area contributed by atoms with Crippen molar-refractivity contribution in [2.45, 2.75) is 38.6 Å². The summed E-state index contributed by atoms with van der Waals surface area (Å²) in [6, 6.07) is 16.9. The van der Waals surface area contributed by atoms with Crippen LogP contribution in [0, 0.1) is 11.6 Å². The quantitative estimate of drug-likeness (QED) is 0.459. The zero-order valence-electron chi connectivity index (χ0n) is 22.7. The lowest BCUT2D eigenvalue weighted by molar-refractivity contribution is -0.126. The van der Waals surface area contributed by atoms with Crippen molar-refractivity contribution in [1.29, 1.82) is 0 Å². The first kappa shape index (κ1) is 27.0. The third-order valence-corrected chi connectivity index (χ3v) is 8.10. The standard InChI is InChI=1S/C32H32F2N4O3/c1-21-5-11-29(31(39)35-21)38-19-26-25(32(38)40)3-2-4-30(26)41-20-23-8-6-22(7-9-23)18-36-13-15-37(16-14-36)28-12-10-24(33)17-27(28)34/h2-4,6-10,12,17,29H,1,5,11,13-16,18-20H2,(H,35,39). The van der Waals surface area contributed by atoms with E-state index >= 15 is 0 Å². The molecule has 212 valence electrons. The number of ether oxygens (including phenoxy) is 1. The van der Waals surface area contributed by atoms with Crippen molar-refractivity contribution < 1.29 is 23.1 Å². The number of benzene rings is 3. The van der Waals surface area contributed by atoms with Gasteiger partial charge in [0.05, 0.1) is 12.2 Å². The molecule has 3 aliphatic rings. The van der Waals surface area contributed by atoms with Crippen molar-refractivity contribution in [3.63, 3.8) is 0 Å². The predicted octanol–water partition coefficient (Wildman–Crippen LogP) is 4.61. The molecule has 41 heavy (non-hydrogen) atoms. The number of halogens is 2. The Morgan fingerprint density at radius 1 is 0.951 bits per heavy atom. The first-order valence-electron chi connectivity index (χ1n) is 13.9. The van der Waals surface area contributed by atoms with E-state index in [1.54, 1.807) is 11.0 Å². The summed E-state index contributed by atoms with van der Waals surface area (Å²) in [6.45, 7) is 8.23. The Kier molecular flexibility index (Phi) is 7.45. The van der Waals surface area contributed by atoms with Crippen molar-refractivity contribution in [2.24, 2.45) is 0 Å². The number of amides is 2. The molecule has 9 heteroatoms. The van der Waals surface area contributed by atoms with E-state index in [0.717, 1.165) is 36.8 Å². The molecule has 0 aliphatic carbocycles. The molecule has 0 radical (unpaired) electrons. The summed E-state index contributed by atoms with van der Waals surface area (Å²) in [5.41, 5.74) is 4.71. The number of carbonyl (C=O) groups is 2. The number of hydrogen-bond donors (Lipinski definition) is 1. The first-order chi connectivity index (χ1) is 19.9. The number of rotatable bonds is 7. The number of anilines is 1. The lowest BCUT2D eigenvalue weighted by Crippen LogP contribution is -2.49. The molecule has 3 aliphatic heterocycles. The highest BCUT2D eigenvalue weighted by atomic mass is 19.1. The number of carbonyl (C=O) groups excluding carboxylic acids is 2. The summed E-state index contributed by atoms with van der Waals surface area (Å²) in [5, 5.41) is 2.77. The van der Waals surface area contributed by atoms with E-state index in [2.05, 4.69) is 28.9 Å². The molecule has 0 bridgehead atoms. The lowest BCUT2D eigenvalue weighted by Gasteiger charge is -2.36. The molecular weight excluding hydrogens is 526 g/mol. The minimum absolute atomic E-state index is 0.147. The molecule has 1 unspecified atom stereocenters. The number of piperidine rings is 1. The maximum Gasteiger partial charge on any atom is 0.255 e. The van der Waals surface area contributed by atoms with E-state index in [1.807, 2.05) is 29.2 Å². The number of fused-ring (bicyclic) bond motifs is 1. The van der Waals surface area contributed by atoms with Gasteiger partial charge < -0.3 is 19.9 Å². The van der Waals surface area contributed by atoms with Crippen LogP contribution < -0.4 is 15.0 Å². The van der Waals surface area contributed by atoms with Crippen molar-refractivity contribution in [2.75, 3.05) is 31.1 Å². The second-order valence-corrected chi connectivity index (χ2v) is 10.8. The Morgan fingerprint density at radius 3 is 2.44 bits per heavy atom. The molecule has 0 saturated carbocycles. The van der Waals surface area contributed by atoms with Crippen molar-refractivity contribution in [3.05, 3.63) is 107 Å². The van der Waals surface area contributed by atoms with Crippen LogP contribution in [-0.2, 0) is 24.5 Å². The number of allylic oxidation sites excluding steroid dienone is 1. The SMILES string of the molecule is C=C1CCC(N2Cc3c(OCc4ccc(CN5CCN(c6ccc(F)cc6F)CC5)cc4)cccc3C2=O)C(=O)N1. The van der Waals surface area contributed by atoms with Crippen LogP contribution >= 0.6 is 0 Å². The molecule has 2 amide bonds. The van der Waals surface area contributed by atoms with Gasteiger partial charge in [-0.2, -0.15) is 0 Å². The van der Waals surface area contributed by atoms with Crippen LogP contribution in [0.1, 0.15) is 39.9 Å². The molecule has 7 nitrogen and oxygen atoms in total. The molecule has 6 rings (SSSR count). The molecule has 0 spiro atoms. The van der Waals surface area contributed by atoms with Gasteiger partial charge in [-0.3, -0.25) is 14.5 Å². The van der Waals surface area contributed by atoms with Gasteiger partial charge >= 0.3 is 0 Å². The fourth-order valence-electron chi connectivity index (χ4n) is 5.82. The van der Waals surface area contributed by atoms with Crippen LogP contribution in [0.2, 0.25) is 0 Å². The fourth-order valence-corrected chi connectivity index (χ4v) is 5.82. The summed E-state index contributed by atoms with van der Waals surface area (Å²) in [5.74, 6) is -0.771. The zero-order valence-corrected chi connectivity index (χ0v) is 22.7. The van der Waals surface area contributed by atoms with Gasteiger partial charge in [0, 0.05) is 55.6 Å². The summed E-state index contributed by atoms with van der Waals surface area (Å²) in [4.78, 5) is 31.5. The topological polar surface area (TPSA) is 65.1 Å². The van der Waals surface area contributed by atoms with E-state index < -0.39 is 17.7 Å². The number of hydrogen-bond acceptors (Lipinski definition) is 5. The third kappa shape index (κ3) is 5.67. The van der Waals surface area contributed by atoms with Crippen molar-refractivity contribution in [3.8, 4) is 5.75 Å². The van der Waals surface area contributed by atoms with Gasteiger partial charge in [-0.1, -0.05) is 36.9 Å². The monoisotopic (exact) mass is 558 g/mol. The highest BCUT2D eigenvalue weighted by Crippen LogP contribution is 2.34. The van der Waals surface area contributed by atoms with Gasteiger partial charge in [0.15, 0.2) is 0 Å². The van der Waals surface area contributed by atoms with Crippen LogP contribution in [-0.4, -0.2) is 53.8 Å². The molecule has 1 N–H and O–H groups in total. The Balaban J connectivity index is 1.03. The van der Waals surface area contributed by atoms with Gasteiger partial charge in [0.1, 0.15) is 30.0 Å². The largest absolute Gasteiger partial charge is 0.489 e. The molecule has 1 atom stereocenters. The fraction of sp³-hybridized carbons (Fsp3) is 0.312. The maximum atomic E-state index is 14.2. The summed E-state index contributed by atoms with van der Waals surface area (Å²) in [6.07, 6.45) is 1.22. The van der Waals surface area contributed by atoms with Gasteiger partial charge in [0.2, 0.25) is 5.91 Å². The normalized spacial score (nSPS) is 19.4. The Morgan fingerprint density at radius 2 is 1.71 bits per heavy atom. The van der Waals surface area contributed by atoms with Gasteiger partial charge in [-0.25, -0.2) is 8.78 Å². The van der Waals surface area contributed by atoms with Crippen LogP contribution in [0.15, 0.2) is 72.9 Å². The molecule has 3 aromatic rings. The molecule has 2 fully saturated rings. The third-order valence-electron chi connectivity index (χ3n) is 8.10. The van der Waals surface area contributed by atoms with Gasteiger partial charge in [-0.15, -0.1) is 0 Å². The van der Waals surface area contributed by atoms with E-state index in [-0.39, 0.29) is 11.8 Å². The predicted molar refractivity (Wildman–Crippen MR) is 151 cm³/mol. The maximum absolute atomic E-state index is 14.2. The number of nitrogens with zero attached hydrogens (tertiary/aromatic N) is 3. The first-order valence-corrected chi connectivity index (χ1v) is 13.9. The molecular formula is C32H32F2N4O3. The van der Waals surface area contributed by atoms with E-state index in [1.165, 1.54) is 17.7 Å². The van der Waals surface area contributed by atoms with E-state index in [4.69, 9.17) is 4.74 Å². The molecule has 3 heterocycles. The highest BCUT2D eigenvalue weighted by Gasteiger charge is 2.39. The summed E-state index contributed by atoms with van der Waals surface area (Å²) >= 11 is 0. The van der Waals surface area contributed by atoms with E-state index in [0.29, 0.717) is 61.8 Å². The Labute approximate surface area is 238 Å². The second kappa shape index (κ2) is 11.3. The van der Waals surface area contributed by atoms with Crippen LogP contribution in [0.25, 0.3) is 0 Å². The Hall–Kier alpha value is -4.24. The van der Waals surface area contributed by atoms with Crippen molar-refractivity contribution >= 4 is 17.5 Å². The highest BCUT2D eigenvalue weighted by molar-refractivity contribution is 6.02. The minimum Gasteiger partial charge on any atom is -0.489 e.